The molecule has 1 aromatic carbocycles. The number of carbonyl (C=O) groups is 1. The summed E-state index contributed by atoms with van der Waals surface area (Å²) in [6.45, 7) is 1.48. The highest BCUT2D eigenvalue weighted by atomic mass is 16.5. The van der Waals surface area contributed by atoms with Crippen LogP contribution in [0.2, 0.25) is 0 Å². The minimum absolute atomic E-state index is 0.00662. The standard InChI is InChI=1S/C18H22N4O3/c1-24-15-7-6-14(11-16(15)25-2)21-17(23)13-5-3-10-22(12-13)18-19-8-4-9-20-18/h4,6-9,11,13H,3,5,10,12H2,1-2H3,(H,21,23). The quantitative estimate of drug-likeness (QED) is 0.899. The number of piperidine rings is 1. The van der Waals surface area contributed by atoms with Gasteiger partial charge in [-0.2, -0.15) is 0 Å². The molecule has 1 saturated heterocycles. The predicted octanol–water partition coefficient (Wildman–Crippen LogP) is 2.35. The number of hydrogen-bond donors (Lipinski definition) is 1. The van der Waals surface area contributed by atoms with Gasteiger partial charge in [-0.05, 0) is 31.0 Å². The van der Waals surface area contributed by atoms with Crippen molar-refractivity contribution in [2.24, 2.45) is 5.92 Å². The van der Waals surface area contributed by atoms with Crippen molar-refractivity contribution in [2.75, 3.05) is 37.5 Å². The number of methoxy groups -OCH3 is 2. The molecule has 1 aliphatic rings. The summed E-state index contributed by atoms with van der Waals surface area (Å²) in [5.74, 6) is 1.78. The Bertz CT molecular complexity index is 724. The lowest BCUT2D eigenvalue weighted by atomic mass is 9.97. The normalized spacial score (nSPS) is 17.0. The molecule has 1 atom stereocenters. The number of amides is 1. The van der Waals surface area contributed by atoms with Gasteiger partial charge in [-0.15, -0.1) is 0 Å². The number of hydrogen-bond acceptors (Lipinski definition) is 6. The third-order valence-electron chi connectivity index (χ3n) is 4.28. The minimum Gasteiger partial charge on any atom is -0.493 e. The van der Waals surface area contributed by atoms with Crippen LogP contribution in [0.3, 0.4) is 0 Å². The largest absolute Gasteiger partial charge is 0.493 e. The molecule has 7 nitrogen and oxygen atoms in total. The van der Waals surface area contributed by atoms with Gasteiger partial charge >= 0.3 is 0 Å². The topological polar surface area (TPSA) is 76.6 Å². The third kappa shape index (κ3) is 3.99. The molecule has 2 aromatic rings. The lowest BCUT2D eigenvalue weighted by Gasteiger charge is -2.31. The van der Waals surface area contributed by atoms with Crippen molar-refractivity contribution in [3.05, 3.63) is 36.7 Å². The van der Waals surface area contributed by atoms with Gasteiger partial charge in [0, 0.05) is 37.2 Å². The van der Waals surface area contributed by atoms with Gasteiger partial charge in [-0.25, -0.2) is 9.97 Å². The number of rotatable bonds is 5. The van der Waals surface area contributed by atoms with Gasteiger partial charge in [-0.1, -0.05) is 0 Å². The highest BCUT2D eigenvalue weighted by Gasteiger charge is 2.27. The number of nitrogens with zero attached hydrogens (tertiary/aromatic N) is 3. The lowest BCUT2D eigenvalue weighted by molar-refractivity contribution is -0.120. The Hall–Kier alpha value is -2.83. The summed E-state index contributed by atoms with van der Waals surface area (Å²) < 4.78 is 10.5. The number of ether oxygens (including phenoxy) is 2. The van der Waals surface area contributed by atoms with E-state index < -0.39 is 0 Å². The van der Waals surface area contributed by atoms with E-state index in [2.05, 4.69) is 20.2 Å². The van der Waals surface area contributed by atoms with Crippen molar-refractivity contribution in [2.45, 2.75) is 12.8 Å². The number of carbonyl (C=O) groups excluding carboxylic acids is 1. The highest BCUT2D eigenvalue weighted by molar-refractivity contribution is 5.93. The number of anilines is 2. The monoisotopic (exact) mass is 342 g/mol. The molecule has 7 heteroatoms. The average Bonchev–Trinajstić information content (AvgIpc) is 2.68. The number of nitrogens with one attached hydrogen (secondary N) is 1. The van der Waals surface area contributed by atoms with E-state index in [1.54, 1.807) is 50.9 Å². The molecule has 0 radical (unpaired) electrons. The van der Waals surface area contributed by atoms with E-state index in [9.17, 15) is 4.79 Å². The average molecular weight is 342 g/mol. The zero-order valence-corrected chi connectivity index (χ0v) is 14.4. The maximum absolute atomic E-state index is 12.6. The van der Waals surface area contributed by atoms with Crippen molar-refractivity contribution in [3.63, 3.8) is 0 Å². The predicted molar refractivity (Wildman–Crippen MR) is 95.1 cm³/mol. The summed E-state index contributed by atoms with van der Waals surface area (Å²) in [5, 5.41) is 2.97. The van der Waals surface area contributed by atoms with Crippen molar-refractivity contribution in [3.8, 4) is 11.5 Å². The van der Waals surface area contributed by atoms with E-state index in [0.717, 1.165) is 19.4 Å². The van der Waals surface area contributed by atoms with Crippen LogP contribution in [0.5, 0.6) is 11.5 Å². The second-order valence-electron chi connectivity index (χ2n) is 5.89. The maximum Gasteiger partial charge on any atom is 0.229 e. The number of benzene rings is 1. The molecular weight excluding hydrogens is 320 g/mol. The molecule has 1 aliphatic heterocycles. The second-order valence-corrected chi connectivity index (χ2v) is 5.89. The molecule has 1 amide bonds. The molecule has 1 N–H and O–H groups in total. The molecule has 1 unspecified atom stereocenters. The maximum atomic E-state index is 12.6. The summed E-state index contributed by atoms with van der Waals surface area (Å²) in [6, 6.07) is 7.13. The van der Waals surface area contributed by atoms with Gasteiger partial charge in [0.2, 0.25) is 11.9 Å². The first-order valence-corrected chi connectivity index (χ1v) is 8.26. The molecule has 3 rings (SSSR count). The van der Waals surface area contributed by atoms with Crippen molar-refractivity contribution in [1.82, 2.24) is 9.97 Å². The van der Waals surface area contributed by atoms with E-state index in [1.807, 2.05) is 0 Å². The molecule has 2 heterocycles. The summed E-state index contributed by atoms with van der Waals surface area (Å²) in [7, 11) is 3.15. The first kappa shape index (κ1) is 17.0. The first-order chi connectivity index (χ1) is 12.2. The summed E-state index contributed by atoms with van der Waals surface area (Å²) in [4.78, 5) is 23.3. The number of aromatic nitrogens is 2. The zero-order chi connectivity index (χ0) is 17.6. The highest BCUT2D eigenvalue weighted by Crippen LogP contribution is 2.30. The van der Waals surface area contributed by atoms with E-state index >= 15 is 0 Å². The van der Waals surface area contributed by atoms with E-state index in [1.165, 1.54) is 0 Å². The van der Waals surface area contributed by atoms with Crippen LogP contribution in [-0.2, 0) is 4.79 Å². The smallest absolute Gasteiger partial charge is 0.229 e. The Morgan fingerprint density at radius 3 is 2.68 bits per heavy atom. The Labute approximate surface area is 147 Å². The molecule has 0 spiro atoms. The summed E-state index contributed by atoms with van der Waals surface area (Å²) in [6.07, 6.45) is 5.22. The molecule has 0 aliphatic carbocycles. The van der Waals surface area contributed by atoms with Crippen LogP contribution in [0.4, 0.5) is 11.6 Å². The molecule has 132 valence electrons. The van der Waals surface area contributed by atoms with Crippen LogP contribution < -0.4 is 19.7 Å². The van der Waals surface area contributed by atoms with Crippen LogP contribution in [0.25, 0.3) is 0 Å². The van der Waals surface area contributed by atoms with Crippen LogP contribution in [-0.4, -0.2) is 43.2 Å². The Morgan fingerprint density at radius 1 is 1.20 bits per heavy atom. The van der Waals surface area contributed by atoms with Crippen molar-refractivity contribution >= 4 is 17.5 Å². The minimum atomic E-state index is -0.106. The van der Waals surface area contributed by atoms with Crippen LogP contribution in [0.1, 0.15) is 12.8 Å². The van der Waals surface area contributed by atoms with Gasteiger partial charge in [0.15, 0.2) is 11.5 Å². The van der Waals surface area contributed by atoms with E-state index in [-0.39, 0.29) is 11.8 Å². The SMILES string of the molecule is COc1ccc(NC(=O)C2CCCN(c3ncccn3)C2)cc1OC. The molecule has 1 fully saturated rings. The summed E-state index contributed by atoms with van der Waals surface area (Å²) in [5.41, 5.74) is 0.690. The van der Waals surface area contributed by atoms with Gasteiger partial charge in [0.25, 0.3) is 0 Å². The lowest BCUT2D eigenvalue weighted by Crippen LogP contribution is -2.41. The Morgan fingerprint density at radius 2 is 1.96 bits per heavy atom. The fourth-order valence-electron chi connectivity index (χ4n) is 2.99. The van der Waals surface area contributed by atoms with Gasteiger partial charge < -0.3 is 19.7 Å². The molecule has 0 bridgehead atoms. The summed E-state index contributed by atoms with van der Waals surface area (Å²) >= 11 is 0. The van der Waals surface area contributed by atoms with Crippen LogP contribution in [0, 0.1) is 5.92 Å². The molecule has 0 saturated carbocycles. The Balaban J connectivity index is 1.67. The van der Waals surface area contributed by atoms with Crippen molar-refractivity contribution < 1.29 is 14.3 Å². The van der Waals surface area contributed by atoms with E-state index in [0.29, 0.717) is 29.7 Å². The van der Waals surface area contributed by atoms with E-state index in [4.69, 9.17) is 9.47 Å². The van der Waals surface area contributed by atoms with Gasteiger partial charge in [-0.3, -0.25) is 4.79 Å². The van der Waals surface area contributed by atoms with Crippen LogP contribution in [0.15, 0.2) is 36.7 Å². The first-order valence-electron chi connectivity index (χ1n) is 8.26. The van der Waals surface area contributed by atoms with Gasteiger partial charge in [0.05, 0.1) is 20.1 Å². The van der Waals surface area contributed by atoms with Crippen molar-refractivity contribution in [1.29, 1.82) is 0 Å². The Kier molecular flexibility index (Phi) is 5.33. The second kappa shape index (κ2) is 7.83. The van der Waals surface area contributed by atoms with Gasteiger partial charge in [0.1, 0.15) is 0 Å². The zero-order valence-electron chi connectivity index (χ0n) is 14.4. The third-order valence-corrected chi connectivity index (χ3v) is 4.28. The molecular formula is C18H22N4O3. The molecule has 25 heavy (non-hydrogen) atoms. The van der Waals surface area contributed by atoms with Crippen LogP contribution >= 0.6 is 0 Å². The fourth-order valence-corrected chi connectivity index (χ4v) is 2.99. The fraction of sp³-hybridized carbons (Fsp3) is 0.389. The molecule has 1 aromatic heterocycles.